The largest absolute Gasteiger partial charge is 0.310 e. The molecular formula is C48H27N5S2. The molecule has 0 saturated heterocycles. The third-order valence-corrected chi connectivity index (χ3v) is 12.1. The predicted octanol–water partition coefficient (Wildman–Crippen LogP) is 13.4. The lowest BCUT2D eigenvalue weighted by atomic mass is 9.93. The number of aromatic nitrogens is 2. The number of hydrogen-bond acceptors (Lipinski definition) is 7. The van der Waals surface area contributed by atoms with Crippen LogP contribution in [0.25, 0.3) is 74.2 Å². The Bertz CT molecular complexity index is 3060. The molecule has 10 aromatic rings. The number of nitrogens with zero attached hydrogens (tertiary/aromatic N) is 5. The smallest absolute Gasteiger partial charge is 0.124 e. The van der Waals surface area contributed by atoms with Gasteiger partial charge in [-0.3, -0.25) is 0 Å². The second kappa shape index (κ2) is 13.4. The highest BCUT2D eigenvalue weighted by molar-refractivity contribution is 7.22. The van der Waals surface area contributed by atoms with E-state index in [9.17, 15) is 11.9 Å². The third kappa shape index (κ3) is 5.85. The lowest BCUT2D eigenvalue weighted by Crippen LogP contribution is -2.09. The monoisotopic (exact) mass is 738 g/mol. The van der Waals surface area contributed by atoms with Gasteiger partial charge in [0.15, 0.2) is 0 Å². The van der Waals surface area contributed by atoms with Gasteiger partial charge in [0.05, 0.1) is 32.9 Å². The highest BCUT2D eigenvalue weighted by Gasteiger charge is 2.17. The van der Waals surface area contributed by atoms with Crippen LogP contribution in [0, 0.1) is 22.7 Å². The zero-order chi connectivity index (χ0) is 37.8. The van der Waals surface area contributed by atoms with Crippen molar-refractivity contribution in [3.63, 3.8) is 0 Å². The first kappa shape index (κ1) is 31.4. The fourth-order valence-corrected chi connectivity index (χ4v) is 9.11. The Kier molecular flexibility index (Phi) is 7.62. The van der Waals surface area contributed by atoms with Gasteiger partial charge in [-0.1, -0.05) is 60.6 Å². The summed E-state index contributed by atoms with van der Waals surface area (Å²) < 4.78 is 11.7. The summed E-state index contributed by atoms with van der Waals surface area (Å²) in [5.41, 5.74) is 9.45. The molecule has 0 amide bonds. The molecule has 0 unspecified atom stereocenters. The van der Waals surface area contributed by atoms with Gasteiger partial charge in [0, 0.05) is 28.2 Å². The second-order valence-electron chi connectivity index (χ2n) is 13.2. The summed E-state index contributed by atoms with van der Waals surface area (Å²) in [5.74, 6) is 0. The van der Waals surface area contributed by atoms with Crippen molar-refractivity contribution >= 4 is 81.7 Å². The van der Waals surface area contributed by atoms with Gasteiger partial charge in [0.1, 0.15) is 22.2 Å². The van der Waals surface area contributed by atoms with Gasteiger partial charge in [-0.2, -0.15) is 10.5 Å². The summed E-state index contributed by atoms with van der Waals surface area (Å²) in [6.07, 6.45) is 0. The average Bonchev–Trinajstić information content (AvgIpc) is 3.89. The van der Waals surface area contributed by atoms with Gasteiger partial charge in [0.25, 0.3) is 0 Å². The molecule has 0 saturated carbocycles. The topological polar surface area (TPSA) is 76.6 Å². The average molecular weight is 739 g/mol. The Morgan fingerprint density at radius 1 is 0.491 bits per heavy atom. The van der Waals surface area contributed by atoms with Gasteiger partial charge >= 0.3 is 0 Å². The normalized spacial score (nSPS) is 11.5. The van der Waals surface area contributed by atoms with Crippen LogP contribution in [0.5, 0.6) is 0 Å². The molecule has 10 rings (SSSR count). The Labute approximate surface area is 326 Å². The summed E-state index contributed by atoms with van der Waals surface area (Å²) >= 11 is 3.37. The molecule has 2 heterocycles. The minimum Gasteiger partial charge on any atom is -0.310 e. The number of anilines is 3. The Balaban J connectivity index is 1.07. The van der Waals surface area contributed by atoms with E-state index in [1.54, 1.807) is 34.8 Å². The van der Waals surface area contributed by atoms with Crippen molar-refractivity contribution in [1.29, 1.82) is 10.5 Å². The van der Waals surface area contributed by atoms with Crippen LogP contribution in [0.4, 0.5) is 17.1 Å². The summed E-state index contributed by atoms with van der Waals surface area (Å²) in [6.45, 7) is 0. The van der Waals surface area contributed by atoms with Crippen LogP contribution in [-0.4, -0.2) is 9.97 Å². The SMILES string of the molecule is [2H]c1cc(N(c2ccc(-c3nc4ccccc4s3)cc2)c2ccc(-c3nc4ccccc4s3)cc2)cc2ccc(-c3cccc4cc(C#N)c(C#N)cc34)cc12. The summed E-state index contributed by atoms with van der Waals surface area (Å²) in [4.78, 5) is 12.0. The third-order valence-electron chi connectivity index (χ3n) is 9.89. The first-order chi connectivity index (χ1) is 27.5. The minimum atomic E-state index is 0.348. The Morgan fingerprint density at radius 2 is 1.07 bits per heavy atom. The van der Waals surface area contributed by atoms with E-state index in [1.165, 1.54) is 0 Å². The first-order valence-corrected chi connectivity index (χ1v) is 19.3. The zero-order valence-electron chi connectivity index (χ0n) is 30.1. The van der Waals surface area contributed by atoms with E-state index in [1.807, 2.05) is 66.7 Å². The summed E-state index contributed by atoms with van der Waals surface area (Å²) in [7, 11) is 0. The number of fused-ring (bicyclic) bond motifs is 4. The minimum absolute atomic E-state index is 0.348. The standard InChI is InChI=1S/C48H27N5S2/c49-28-36-25-34-6-5-7-41(42(34)27-37(36)29-50)35-13-12-33-26-40(23-18-32(33)24-35)53(38-19-14-30(15-20-38)47-51-43-8-1-3-10-45(43)54-47)39-21-16-31(17-22-39)48-52-44-9-2-4-11-46(44)55-48/h1-27H/i18D. The van der Waals surface area contributed by atoms with E-state index in [0.29, 0.717) is 17.2 Å². The van der Waals surface area contributed by atoms with Gasteiger partial charge in [0.2, 0.25) is 0 Å². The molecule has 7 heteroatoms. The molecule has 0 atom stereocenters. The number of hydrogen-bond donors (Lipinski definition) is 0. The fraction of sp³-hybridized carbons (Fsp3) is 0. The molecule has 256 valence electrons. The summed E-state index contributed by atoms with van der Waals surface area (Å²) in [5, 5.41) is 24.8. The van der Waals surface area contributed by atoms with Crippen LogP contribution in [0.1, 0.15) is 12.5 Å². The summed E-state index contributed by atoms with van der Waals surface area (Å²) in [6, 6.07) is 57.8. The van der Waals surface area contributed by atoms with Crippen molar-refractivity contribution in [1.82, 2.24) is 9.97 Å². The highest BCUT2D eigenvalue weighted by atomic mass is 32.1. The number of nitriles is 2. The van der Waals surface area contributed by atoms with E-state index in [4.69, 9.17) is 9.97 Å². The van der Waals surface area contributed by atoms with Crippen molar-refractivity contribution in [2.45, 2.75) is 0 Å². The van der Waals surface area contributed by atoms with Crippen LogP contribution in [0.15, 0.2) is 164 Å². The molecule has 0 fully saturated rings. The van der Waals surface area contributed by atoms with E-state index >= 15 is 0 Å². The number of thiazole rings is 2. The van der Waals surface area contributed by atoms with Crippen LogP contribution in [0.2, 0.25) is 0 Å². The molecule has 0 spiro atoms. The van der Waals surface area contributed by atoms with Crippen LogP contribution in [0.3, 0.4) is 0 Å². The Morgan fingerprint density at radius 3 is 1.67 bits per heavy atom. The van der Waals surface area contributed by atoms with Crippen molar-refractivity contribution in [2.24, 2.45) is 0 Å². The molecule has 5 nitrogen and oxygen atoms in total. The van der Waals surface area contributed by atoms with Crippen molar-refractivity contribution in [2.75, 3.05) is 4.90 Å². The molecular weight excluding hydrogens is 711 g/mol. The molecule has 8 aromatic carbocycles. The quantitative estimate of drug-likeness (QED) is 0.170. The van der Waals surface area contributed by atoms with E-state index in [-0.39, 0.29) is 0 Å². The molecule has 0 N–H and O–H groups in total. The van der Waals surface area contributed by atoms with Gasteiger partial charge in [-0.15, -0.1) is 22.7 Å². The number of rotatable bonds is 6. The number of para-hydroxylation sites is 2. The van der Waals surface area contributed by atoms with Crippen molar-refractivity contribution < 1.29 is 1.37 Å². The molecule has 0 aliphatic carbocycles. The molecule has 2 aromatic heterocycles. The van der Waals surface area contributed by atoms with E-state index in [2.05, 4.69) is 95.9 Å². The van der Waals surface area contributed by atoms with Crippen LogP contribution < -0.4 is 4.90 Å². The zero-order valence-corrected chi connectivity index (χ0v) is 30.7. The molecule has 0 aliphatic rings. The number of benzene rings is 8. The highest BCUT2D eigenvalue weighted by Crippen LogP contribution is 2.40. The van der Waals surface area contributed by atoms with Gasteiger partial charge < -0.3 is 4.90 Å². The fourth-order valence-electron chi connectivity index (χ4n) is 7.16. The maximum Gasteiger partial charge on any atom is 0.124 e. The van der Waals surface area contributed by atoms with Crippen molar-refractivity contribution in [3.05, 3.63) is 175 Å². The first-order valence-electron chi connectivity index (χ1n) is 18.2. The van der Waals surface area contributed by atoms with Gasteiger partial charge in [-0.05, 0) is 136 Å². The lowest BCUT2D eigenvalue weighted by molar-refractivity contribution is 1.29. The van der Waals surface area contributed by atoms with Crippen molar-refractivity contribution in [3.8, 4) is 44.4 Å². The van der Waals surface area contributed by atoms with Gasteiger partial charge in [-0.25, -0.2) is 9.97 Å². The second-order valence-corrected chi connectivity index (χ2v) is 15.3. The van der Waals surface area contributed by atoms with E-state index < -0.39 is 0 Å². The maximum absolute atomic E-state index is 9.74. The lowest BCUT2D eigenvalue weighted by Gasteiger charge is -2.26. The van der Waals surface area contributed by atoms with Crippen LogP contribution >= 0.6 is 22.7 Å². The van der Waals surface area contributed by atoms with Crippen LogP contribution in [-0.2, 0) is 0 Å². The Hall–Kier alpha value is -7.16. The molecule has 55 heavy (non-hydrogen) atoms. The molecule has 0 bridgehead atoms. The molecule has 0 radical (unpaired) electrons. The molecule has 0 aliphatic heterocycles. The van der Waals surface area contributed by atoms with E-state index in [0.717, 1.165) is 91.3 Å². The maximum atomic E-state index is 9.74. The predicted molar refractivity (Wildman–Crippen MR) is 228 cm³/mol.